The number of nitrogens with one attached hydrogen (secondary N) is 1. The number of rotatable bonds is 4. The van der Waals surface area contributed by atoms with Gasteiger partial charge in [0.05, 0.1) is 18.7 Å². The van der Waals surface area contributed by atoms with E-state index < -0.39 is 36.5 Å². The topological polar surface area (TPSA) is 32.3 Å². The van der Waals surface area contributed by atoms with Crippen molar-refractivity contribution in [3.05, 3.63) is 34.9 Å². The first-order chi connectivity index (χ1) is 8.59. The summed E-state index contributed by atoms with van der Waals surface area (Å²) in [6.45, 7) is 0.287. The Hall–Kier alpha value is -1.21. The average Bonchev–Trinajstić information content (AvgIpc) is 2.30. The number of aryl methyl sites for hydroxylation is 1. The van der Waals surface area contributed by atoms with Crippen molar-refractivity contribution < 1.29 is 27.1 Å². The van der Waals surface area contributed by atoms with Gasteiger partial charge in [0.25, 0.3) is 0 Å². The number of halogens is 5. The van der Waals surface area contributed by atoms with Crippen LogP contribution in [0.5, 0.6) is 0 Å². The van der Waals surface area contributed by atoms with Gasteiger partial charge in [0.2, 0.25) is 0 Å². The Labute approximate surface area is 107 Å². The maximum absolute atomic E-state index is 13.7. The molecule has 0 aliphatic heterocycles. The van der Waals surface area contributed by atoms with Crippen LogP contribution in [-0.2, 0) is 5.54 Å². The smallest absolute Gasteiger partial charge is 0.394 e. The summed E-state index contributed by atoms with van der Waals surface area (Å²) >= 11 is 0. The first-order valence-corrected chi connectivity index (χ1v) is 5.48. The van der Waals surface area contributed by atoms with Gasteiger partial charge in [0, 0.05) is 5.56 Å². The van der Waals surface area contributed by atoms with Crippen molar-refractivity contribution >= 4 is 0 Å². The largest absolute Gasteiger partial charge is 0.401 e. The molecule has 7 heteroatoms. The fraction of sp³-hybridized carbons (Fsp3) is 0.500. The zero-order chi connectivity index (χ0) is 14.8. The van der Waals surface area contributed by atoms with Gasteiger partial charge in [0.15, 0.2) is 0 Å². The third-order valence-electron chi connectivity index (χ3n) is 2.84. The summed E-state index contributed by atoms with van der Waals surface area (Å²) in [6.07, 6.45) is -4.52. The van der Waals surface area contributed by atoms with E-state index in [4.69, 9.17) is 0 Å². The first-order valence-electron chi connectivity index (χ1n) is 5.48. The minimum absolute atomic E-state index is 0.0392. The number of aliphatic hydroxyl groups is 1. The summed E-state index contributed by atoms with van der Waals surface area (Å²) in [5.41, 5.74) is -2.02. The molecule has 1 atom stereocenters. The summed E-state index contributed by atoms with van der Waals surface area (Å²) in [6, 6.07) is 1.68. The Kier molecular flexibility index (Phi) is 4.52. The van der Waals surface area contributed by atoms with E-state index in [1.165, 1.54) is 13.8 Å². The van der Waals surface area contributed by atoms with Crippen LogP contribution in [-0.4, -0.2) is 24.4 Å². The molecule has 1 unspecified atom stereocenters. The maximum Gasteiger partial charge on any atom is 0.401 e. The van der Waals surface area contributed by atoms with Crippen LogP contribution >= 0.6 is 0 Å². The normalized spacial score (nSPS) is 15.4. The molecule has 1 rings (SSSR count). The molecule has 108 valence electrons. The van der Waals surface area contributed by atoms with E-state index in [2.05, 4.69) is 0 Å². The number of aliphatic hydroxyl groups excluding tert-OH is 1. The highest BCUT2D eigenvalue weighted by Crippen LogP contribution is 2.27. The summed E-state index contributed by atoms with van der Waals surface area (Å²) in [4.78, 5) is 0. The molecule has 0 bridgehead atoms. The molecule has 0 aliphatic rings. The highest BCUT2D eigenvalue weighted by Gasteiger charge is 2.35. The molecule has 0 aliphatic carbocycles. The van der Waals surface area contributed by atoms with Gasteiger partial charge >= 0.3 is 6.18 Å². The van der Waals surface area contributed by atoms with Crippen LogP contribution in [0, 0.1) is 18.6 Å². The fourth-order valence-electron chi connectivity index (χ4n) is 1.60. The molecule has 2 N–H and O–H groups in total. The average molecular weight is 283 g/mol. The van der Waals surface area contributed by atoms with Crippen molar-refractivity contribution in [1.29, 1.82) is 0 Å². The molecule has 0 saturated carbocycles. The summed E-state index contributed by atoms with van der Waals surface area (Å²) in [5.74, 6) is -1.62. The Morgan fingerprint density at radius 2 is 1.74 bits per heavy atom. The minimum atomic E-state index is -4.52. The van der Waals surface area contributed by atoms with E-state index in [1.54, 1.807) is 0 Å². The van der Waals surface area contributed by atoms with Gasteiger partial charge in [-0.1, -0.05) is 0 Å². The highest BCUT2D eigenvalue weighted by molar-refractivity contribution is 5.30. The van der Waals surface area contributed by atoms with E-state index >= 15 is 0 Å². The van der Waals surface area contributed by atoms with Crippen LogP contribution in [0.3, 0.4) is 0 Å². The first kappa shape index (κ1) is 15.8. The number of hydrogen-bond donors (Lipinski definition) is 2. The third-order valence-corrected chi connectivity index (χ3v) is 2.84. The monoisotopic (exact) mass is 283 g/mol. The van der Waals surface area contributed by atoms with E-state index in [0.29, 0.717) is 0 Å². The van der Waals surface area contributed by atoms with Crippen LogP contribution in [0.15, 0.2) is 12.1 Å². The van der Waals surface area contributed by atoms with Crippen molar-refractivity contribution in [2.24, 2.45) is 0 Å². The molecule has 0 heterocycles. The molecule has 0 radical (unpaired) electrons. The van der Waals surface area contributed by atoms with Crippen LogP contribution < -0.4 is 5.32 Å². The Morgan fingerprint density at radius 3 is 2.21 bits per heavy atom. The van der Waals surface area contributed by atoms with Crippen molar-refractivity contribution in [1.82, 2.24) is 5.32 Å². The van der Waals surface area contributed by atoms with Crippen molar-refractivity contribution in [3.63, 3.8) is 0 Å². The predicted molar refractivity (Wildman–Crippen MR) is 59.6 cm³/mol. The summed E-state index contributed by atoms with van der Waals surface area (Å²) < 4.78 is 63.6. The lowest BCUT2D eigenvalue weighted by Crippen LogP contribution is -2.47. The van der Waals surface area contributed by atoms with Gasteiger partial charge in [0.1, 0.15) is 11.6 Å². The van der Waals surface area contributed by atoms with Crippen molar-refractivity contribution in [2.75, 3.05) is 13.2 Å². The summed E-state index contributed by atoms with van der Waals surface area (Å²) in [7, 11) is 0. The number of hydrogen-bond acceptors (Lipinski definition) is 2. The third kappa shape index (κ3) is 3.87. The minimum Gasteiger partial charge on any atom is -0.394 e. The van der Waals surface area contributed by atoms with Crippen LogP contribution in [0.25, 0.3) is 0 Å². The molecule has 19 heavy (non-hydrogen) atoms. The molecular weight excluding hydrogens is 269 g/mol. The van der Waals surface area contributed by atoms with Gasteiger partial charge in [-0.2, -0.15) is 13.2 Å². The predicted octanol–water partition coefficient (Wildman–Crippen LogP) is 2.63. The molecular formula is C12H14F5NO. The Bertz CT molecular complexity index is 460. The Balaban J connectivity index is 3.11. The molecule has 0 aromatic heterocycles. The van der Waals surface area contributed by atoms with E-state index in [0.717, 1.165) is 12.1 Å². The second kappa shape index (κ2) is 5.42. The van der Waals surface area contributed by atoms with E-state index in [1.807, 2.05) is 5.32 Å². The van der Waals surface area contributed by atoms with E-state index in [-0.39, 0.29) is 11.1 Å². The zero-order valence-electron chi connectivity index (χ0n) is 10.4. The van der Waals surface area contributed by atoms with Crippen LogP contribution in [0.1, 0.15) is 18.1 Å². The second-order valence-electron chi connectivity index (χ2n) is 4.54. The molecule has 0 amide bonds. The SMILES string of the molecule is Cc1cc(F)c(C(C)(CO)NCC(F)(F)F)cc1F. The van der Waals surface area contributed by atoms with Gasteiger partial charge < -0.3 is 5.11 Å². The molecule has 0 saturated heterocycles. The molecule has 1 aromatic rings. The van der Waals surface area contributed by atoms with Gasteiger partial charge in [-0.15, -0.1) is 0 Å². The molecule has 0 spiro atoms. The number of benzene rings is 1. The number of alkyl halides is 3. The summed E-state index contributed by atoms with van der Waals surface area (Å²) in [5, 5.41) is 11.2. The fourth-order valence-corrected chi connectivity index (χ4v) is 1.60. The van der Waals surface area contributed by atoms with Gasteiger partial charge in [-0.3, -0.25) is 5.32 Å². The molecule has 2 nitrogen and oxygen atoms in total. The lowest BCUT2D eigenvalue weighted by Gasteiger charge is -2.30. The van der Waals surface area contributed by atoms with Gasteiger partial charge in [-0.05, 0) is 31.5 Å². The van der Waals surface area contributed by atoms with Crippen LogP contribution in [0.2, 0.25) is 0 Å². The molecule has 1 aromatic carbocycles. The van der Waals surface area contributed by atoms with Crippen molar-refractivity contribution in [3.8, 4) is 0 Å². The quantitative estimate of drug-likeness (QED) is 0.833. The van der Waals surface area contributed by atoms with E-state index in [9.17, 15) is 27.1 Å². The van der Waals surface area contributed by atoms with Gasteiger partial charge in [-0.25, -0.2) is 8.78 Å². The lowest BCUT2D eigenvalue weighted by atomic mass is 9.91. The lowest BCUT2D eigenvalue weighted by molar-refractivity contribution is -0.129. The maximum atomic E-state index is 13.7. The van der Waals surface area contributed by atoms with Crippen molar-refractivity contribution in [2.45, 2.75) is 25.6 Å². The Morgan fingerprint density at radius 1 is 1.16 bits per heavy atom. The van der Waals surface area contributed by atoms with Crippen LogP contribution in [0.4, 0.5) is 22.0 Å². The standard InChI is InChI=1S/C12H14F5NO/c1-7-3-10(14)8(4-9(7)13)11(2,6-19)18-5-12(15,16)17/h3-4,18-19H,5-6H2,1-2H3. The zero-order valence-corrected chi connectivity index (χ0v) is 10.4. The molecule has 0 fully saturated rings. The highest BCUT2D eigenvalue weighted by atomic mass is 19.4. The second-order valence-corrected chi connectivity index (χ2v) is 4.54.